The minimum Gasteiger partial charge on any atom is -0.368 e. The third-order valence-corrected chi connectivity index (χ3v) is 4.84. The molecule has 124 valence electrons. The lowest BCUT2D eigenvalue weighted by Gasteiger charge is -2.34. The van der Waals surface area contributed by atoms with E-state index in [2.05, 4.69) is 24.1 Å². The van der Waals surface area contributed by atoms with Crippen LogP contribution in [0.2, 0.25) is 0 Å². The van der Waals surface area contributed by atoms with Gasteiger partial charge in [-0.1, -0.05) is 33.6 Å². The zero-order valence-electron chi connectivity index (χ0n) is 14.5. The van der Waals surface area contributed by atoms with Gasteiger partial charge in [-0.2, -0.15) is 0 Å². The highest BCUT2D eigenvalue weighted by atomic mass is 16.1. The molecule has 0 aromatic carbocycles. The highest BCUT2D eigenvalue weighted by molar-refractivity contribution is 5.84. The molecule has 3 N–H and O–H groups in total. The Morgan fingerprint density at radius 1 is 1.33 bits per heavy atom. The Bertz CT molecular complexity index is 313. The molecule has 1 aliphatic carbocycles. The summed E-state index contributed by atoms with van der Waals surface area (Å²) in [6, 6.07) is 0.711. The highest BCUT2D eigenvalue weighted by Gasteiger charge is 2.31. The smallest absolute Gasteiger partial charge is 0.237 e. The van der Waals surface area contributed by atoms with Crippen molar-refractivity contribution in [3.63, 3.8) is 0 Å². The van der Waals surface area contributed by atoms with E-state index in [-0.39, 0.29) is 5.91 Å². The quantitative estimate of drug-likeness (QED) is 0.651. The third kappa shape index (κ3) is 5.95. The van der Waals surface area contributed by atoms with Gasteiger partial charge in [0.05, 0.1) is 5.54 Å². The molecule has 0 radical (unpaired) electrons. The van der Waals surface area contributed by atoms with Gasteiger partial charge in [0, 0.05) is 12.6 Å². The summed E-state index contributed by atoms with van der Waals surface area (Å²) in [4.78, 5) is 14.4. The van der Waals surface area contributed by atoms with Crippen LogP contribution in [0.4, 0.5) is 0 Å². The van der Waals surface area contributed by atoms with Gasteiger partial charge in [-0.05, 0) is 51.6 Å². The first-order chi connectivity index (χ1) is 9.89. The zero-order chi connectivity index (χ0) is 15.9. The van der Waals surface area contributed by atoms with Crippen LogP contribution in [0.3, 0.4) is 0 Å². The number of likely N-dealkylation sites (N-methyl/N-ethyl adjacent to an activating group) is 1. The largest absolute Gasteiger partial charge is 0.368 e. The lowest BCUT2D eigenvalue weighted by Crippen LogP contribution is -2.55. The van der Waals surface area contributed by atoms with Crippen molar-refractivity contribution in [1.82, 2.24) is 10.2 Å². The second-order valence-electron chi connectivity index (χ2n) is 7.13. The average Bonchev–Trinajstić information content (AvgIpc) is 2.92. The first kappa shape index (κ1) is 18.4. The summed E-state index contributed by atoms with van der Waals surface area (Å²) in [5, 5.41) is 3.27. The van der Waals surface area contributed by atoms with Gasteiger partial charge in [0.25, 0.3) is 0 Å². The van der Waals surface area contributed by atoms with Crippen LogP contribution in [0.1, 0.15) is 66.2 Å². The molecule has 0 aromatic heterocycles. The van der Waals surface area contributed by atoms with Crippen molar-refractivity contribution in [2.45, 2.75) is 77.8 Å². The Morgan fingerprint density at radius 3 is 2.43 bits per heavy atom. The molecule has 0 heterocycles. The molecule has 1 saturated carbocycles. The average molecular weight is 297 g/mol. The minimum atomic E-state index is -0.580. The summed E-state index contributed by atoms with van der Waals surface area (Å²) in [7, 11) is 0. The fourth-order valence-electron chi connectivity index (χ4n) is 3.23. The number of nitrogens with one attached hydrogen (secondary N) is 1. The van der Waals surface area contributed by atoms with Crippen molar-refractivity contribution in [1.29, 1.82) is 0 Å². The Kier molecular flexibility index (Phi) is 7.67. The topological polar surface area (TPSA) is 58.4 Å². The van der Waals surface area contributed by atoms with E-state index < -0.39 is 5.54 Å². The normalized spacial score (nSPS) is 19.3. The first-order valence-electron chi connectivity index (χ1n) is 8.68. The summed E-state index contributed by atoms with van der Waals surface area (Å²) in [5.41, 5.74) is 5.02. The van der Waals surface area contributed by atoms with Crippen LogP contribution in [-0.4, -0.2) is 42.0 Å². The van der Waals surface area contributed by atoms with Crippen LogP contribution in [0, 0.1) is 5.92 Å². The van der Waals surface area contributed by atoms with Crippen molar-refractivity contribution in [3.8, 4) is 0 Å². The van der Waals surface area contributed by atoms with E-state index in [1.165, 1.54) is 32.1 Å². The zero-order valence-corrected chi connectivity index (χ0v) is 14.5. The molecule has 1 unspecified atom stereocenters. The summed E-state index contributed by atoms with van der Waals surface area (Å²) in [5.74, 6) is 0.491. The number of carbonyl (C=O) groups excluding carboxylic acids is 1. The van der Waals surface area contributed by atoms with Gasteiger partial charge >= 0.3 is 0 Å². The van der Waals surface area contributed by atoms with Crippen LogP contribution in [0.15, 0.2) is 0 Å². The predicted molar refractivity (Wildman–Crippen MR) is 89.2 cm³/mol. The maximum Gasteiger partial charge on any atom is 0.237 e. The maximum absolute atomic E-state index is 11.8. The molecule has 4 nitrogen and oxygen atoms in total. The van der Waals surface area contributed by atoms with Crippen LogP contribution >= 0.6 is 0 Å². The molecular formula is C17H35N3O. The van der Waals surface area contributed by atoms with Crippen molar-refractivity contribution < 1.29 is 4.79 Å². The standard InChI is InChI=1S/C17H35N3O/c1-5-19-17(4,16(18)21)11-13-20(12-10-14(2)3)15-8-6-7-9-15/h14-15,19H,5-13H2,1-4H3,(H2,18,21). The number of hydrogen-bond acceptors (Lipinski definition) is 3. The second-order valence-corrected chi connectivity index (χ2v) is 7.13. The van der Waals surface area contributed by atoms with E-state index in [1.54, 1.807) is 0 Å². The van der Waals surface area contributed by atoms with E-state index in [0.29, 0.717) is 6.04 Å². The van der Waals surface area contributed by atoms with Crippen molar-refractivity contribution in [3.05, 3.63) is 0 Å². The Balaban J connectivity index is 2.59. The Morgan fingerprint density at radius 2 is 1.95 bits per heavy atom. The SMILES string of the molecule is CCNC(C)(CCN(CCC(C)C)C1CCCC1)C(N)=O. The van der Waals surface area contributed by atoms with Crippen molar-refractivity contribution in [2.75, 3.05) is 19.6 Å². The number of carbonyl (C=O) groups is 1. The number of nitrogens with zero attached hydrogens (tertiary/aromatic N) is 1. The van der Waals surface area contributed by atoms with Crippen LogP contribution in [0.5, 0.6) is 0 Å². The van der Waals surface area contributed by atoms with Crippen molar-refractivity contribution >= 4 is 5.91 Å². The summed E-state index contributed by atoms with van der Waals surface area (Å²) in [6.45, 7) is 11.4. The highest BCUT2D eigenvalue weighted by Crippen LogP contribution is 2.25. The lowest BCUT2D eigenvalue weighted by atomic mass is 9.95. The number of primary amides is 1. The molecule has 4 heteroatoms. The van der Waals surface area contributed by atoms with Gasteiger partial charge in [-0.15, -0.1) is 0 Å². The predicted octanol–water partition coefficient (Wildman–Crippen LogP) is 2.52. The summed E-state index contributed by atoms with van der Waals surface area (Å²) in [6.07, 6.45) is 7.35. The van der Waals surface area contributed by atoms with Crippen LogP contribution in [-0.2, 0) is 4.79 Å². The number of hydrogen-bond donors (Lipinski definition) is 2. The molecule has 1 atom stereocenters. The number of rotatable bonds is 10. The van der Waals surface area contributed by atoms with E-state index >= 15 is 0 Å². The lowest BCUT2D eigenvalue weighted by molar-refractivity contribution is -0.124. The van der Waals surface area contributed by atoms with Crippen molar-refractivity contribution in [2.24, 2.45) is 11.7 Å². The molecule has 1 rings (SSSR count). The molecular weight excluding hydrogens is 262 g/mol. The summed E-state index contributed by atoms with van der Waals surface area (Å²) >= 11 is 0. The second kappa shape index (κ2) is 8.74. The van der Waals surface area contributed by atoms with Gasteiger partial charge in [-0.3, -0.25) is 4.79 Å². The number of nitrogens with two attached hydrogens (primary N) is 1. The van der Waals surface area contributed by atoms with Gasteiger partial charge in [0.2, 0.25) is 5.91 Å². The van der Waals surface area contributed by atoms with Gasteiger partial charge < -0.3 is 16.0 Å². The number of amides is 1. The summed E-state index contributed by atoms with van der Waals surface area (Å²) < 4.78 is 0. The van der Waals surface area contributed by atoms with Gasteiger partial charge in [0.15, 0.2) is 0 Å². The van der Waals surface area contributed by atoms with E-state index in [4.69, 9.17) is 5.73 Å². The van der Waals surface area contributed by atoms with E-state index in [1.807, 2.05) is 13.8 Å². The third-order valence-electron chi connectivity index (χ3n) is 4.84. The molecule has 0 bridgehead atoms. The maximum atomic E-state index is 11.8. The van der Waals surface area contributed by atoms with E-state index in [0.717, 1.165) is 32.0 Å². The molecule has 1 fully saturated rings. The van der Waals surface area contributed by atoms with Gasteiger partial charge in [-0.25, -0.2) is 0 Å². The van der Waals surface area contributed by atoms with E-state index in [9.17, 15) is 4.79 Å². The Hall–Kier alpha value is -0.610. The van der Waals surface area contributed by atoms with Crippen LogP contribution < -0.4 is 11.1 Å². The molecule has 21 heavy (non-hydrogen) atoms. The molecule has 0 aromatic rings. The molecule has 0 spiro atoms. The molecule has 0 aliphatic heterocycles. The monoisotopic (exact) mass is 297 g/mol. The van der Waals surface area contributed by atoms with Gasteiger partial charge in [0.1, 0.15) is 0 Å². The first-order valence-corrected chi connectivity index (χ1v) is 8.68. The fraction of sp³-hybridized carbons (Fsp3) is 0.941. The fourth-order valence-corrected chi connectivity index (χ4v) is 3.23. The Labute approximate surface area is 130 Å². The molecule has 1 amide bonds. The molecule has 1 aliphatic rings. The molecule has 0 saturated heterocycles. The van der Waals surface area contributed by atoms with Crippen LogP contribution in [0.25, 0.3) is 0 Å². The minimum absolute atomic E-state index is 0.236.